The van der Waals surface area contributed by atoms with E-state index in [1.54, 1.807) is 18.3 Å². The van der Waals surface area contributed by atoms with Gasteiger partial charge >= 0.3 is 0 Å². The number of benzene rings is 2. The fourth-order valence-electron chi connectivity index (χ4n) is 11.2. The first-order valence-electron chi connectivity index (χ1n) is 17.8. The van der Waals surface area contributed by atoms with Crippen molar-refractivity contribution in [1.82, 2.24) is 4.83 Å². The van der Waals surface area contributed by atoms with Crippen LogP contribution in [0, 0.1) is 52.3 Å². The molecule has 7 nitrogen and oxygen atoms in total. The summed E-state index contributed by atoms with van der Waals surface area (Å²) in [6, 6.07) is 11.1. The van der Waals surface area contributed by atoms with E-state index in [1.165, 1.54) is 25.7 Å². The first kappa shape index (κ1) is 33.7. The van der Waals surface area contributed by atoms with Crippen LogP contribution >= 0.6 is 0 Å². The Hall–Kier alpha value is -2.16. The van der Waals surface area contributed by atoms with E-state index in [0.29, 0.717) is 42.4 Å². The van der Waals surface area contributed by atoms with Gasteiger partial charge in [0.25, 0.3) is 10.0 Å². The lowest BCUT2D eigenvalue weighted by Crippen LogP contribution is -2.54. The normalized spacial score (nSPS) is 38.1. The lowest BCUT2D eigenvalue weighted by molar-refractivity contribution is -0.142. The summed E-state index contributed by atoms with van der Waals surface area (Å²) in [6.45, 7) is 11.8. The Labute approximate surface area is 277 Å². The van der Waals surface area contributed by atoms with Crippen LogP contribution in [0.5, 0.6) is 0 Å². The Morgan fingerprint density at radius 1 is 1.02 bits per heavy atom. The van der Waals surface area contributed by atoms with Crippen LogP contribution in [0.4, 0.5) is 5.69 Å². The lowest BCUT2D eigenvalue weighted by Gasteiger charge is -2.52. The topological polar surface area (TPSA) is 102 Å². The monoisotopic (exact) mass is 651 g/mol. The molecule has 0 bridgehead atoms. The smallest absolute Gasteiger partial charge is 0.276 e. The van der Waals surface area contributed by atoms with E-state index in [2.05, 4.69) is 44.6 Å². The van der Waals surface area contributed by atoms with Gasteiger partial charge < -0.3 is 15.1 Å². The number of nitrogens with zero attached hydrogens (tertiary/aromatic N) is 2. The van der Waals surface area contributed by atoms with Crippen LogP contribution in [0.1, 0.15) is 92.4 Å². The molecule has 0 spiro atoms. The minimum atomic E-state index is -3.94. The predicted octanol–water partition coefficient (Wildman–Crippen LogP) is 7.21. The number of anilines is 1. The van der Waals surface area contributed by atoms with Crippen LogP contribution < -0.4 is 9.73 Å². The van der Waals surface area contributed by atoms with Gasteiger partial charge in [0.2, 0.25) is 0 Å². The fourth-order valence-corrected chi connectivity index (χ4v) is 12.0. The van der Waals surface area contributed by atoms with Crippen molar-refractivity contribution in [2.75, 3.05) is 19.0 Å². The summed E-state index contributed by atoms with van der Waals surface area (Å²) < 4.78 is 27.1. The van der Waals surface area contributed by atoms with E-state index in [-0.39, 0.29) is 27.6 Å². The third kappa shape index (κ3) is 5.38. The third-order valence-electron chi connectivity index (χ3n) is 13.6. The number of aliphatic hydroxyl groups is 2. The number of hydrazone groups is 1. The Balaban J connectivity index is 1.31. The molecule has 2 aromatic carbocycles. The van der Waals surface area contributed by atoms with Gasteiger partial charge in [0.1, 0.15) is 0 Å². The van der Waals surface area contributed by atoms with Crippen LogP contribution in [0.25, 0.3) is 10.8 Å². The molecule has 4 unspecified atom stereocenters. The number of fused-ring (bicyclic) bond motifs is 6. The molecule has 4 aliphatic carbocycles. The molecule has 8 heteroatoms. The molecule has 4 fully saturated rings. The second-order valence-corrected chi connectivity index (χ2v) is 18.3. The maximum atomic E-state index is 13.6. The lowest BCUT2D eigenvalue weighted by atomic mass is 9.53. The van der Waals surface area contributed by atoms with Gasteiger partial charge in [-0.2, -0.15) is 13.5 Å². The van der Waals surface area contributed by atoms with Gasteiger partial charge in [0.15, 0.2) is 0 Å². The summed E-state index contributed by atoms with van der Waals surface area (Å²) in [5.74, 6) is 2.68. The van der Waals surface area contributed by atoms with E-state index in [1.807, 2.05) is 43.3 Å². The van der Waals surface area contributed by atoms with Crippen LogP contribution in [-0.4, -0.2) is 50.6 Å². The largest absolute Gasteiger partial charge is 0.393 e. The van der Waals surface area contributed by atoms with E-state index in [9.17, 15) is 18.6 Å². The third-order valence-corrected chi connectivity index (χ3v) is 14.9. The van der Waals surface area contributed by atoms with E-state index in [4.69, 9.17) is 0 Å². The highest BCUT2D eigenvalue weighted by atomic mass is 32.2. The highest BCUT2D eigenvalue weighted by Gasteiger charge is 2.71. The summed E-state index contributed by atoms with van der Waals surface area (Å²) in [7, 11) is 0.0111. The second kappa shape index (κ2) is 12.1. The molecule has 4 aliphatic rings. The van der Waals surface area contributed by atoms with Crippen molar-refractivity contribution in [1.29, 1.82) is 0 Å². The molecule has 6 rings (SSSR count). The van der Waals surface area contributed by atoms with Gasteiger partial charge in [-0.25, -0.2) is 4.83 Å². The summed E-state index contributed by atoms with van der Waals surface area (Å²) in [6.07, 6.45) is 10.1. The number of nitrogens with one attached hydrogen (secondary N) is 1. The van der Waals surface area contributed by atoms with Crippen molar-refractivity contribution in [2.24, 2.45) is 57.4 Å². The number of hydrogen-bond donors (Lipinski definition) is 3. The Bertz CT molecular complexity index is 1570. The SMILES string of the molecule is CC(C)CC[C@@H](C)[C@H]1CCC2C3C(/C=N/NS(=O)(=O)c4ccc5c(N(C)C)cccc5c4)[C@]4(O)C[C@@H](O)CC[C@]4(C)C3CC[C@@]21C. The van der Waals surface area contributed by atoms with Gasteiger partial charge in [0.05, 0.1) is 16.6 Å². The van der Waals surface area contributed by atoms with Gasteiger partial charge in [-0.15, -0.1) is 0 Å². The highest BCUT2D eigenvalue weighted by Crippen LogP contribution is 2.72. The van der Waals surface area contributed by atoms with Crippen molar-refractivity contribution in [2.45, 2.75) is 109 Å². The molecule has 254 valence electrons. The zero-order chi connectivity index (χ0) is 33.2. The van der Waals surface area contributed by atoms with Crippen LogP contribution in [0.3, 0.4) is 0 Å². The van der Waals surface area contributed by atoms with Gasteiger partial charge in [-0.3, -0.25) is 0 Å². The van der Waals surface area contributed by atoms with Crippen molar-refractivity contribution in [3.8, 4) is 0 Å². The van der Waals surface area contributed by atoms with Crippen molar-refractivity contribution < 1.29 is 18.6 Å². The van der Waals surface area contributed by atoms with Crippen molar-refractivity contribution >= 4 is 32.7 Å². The first-order chi connectivity index (χ1) is 21.6. The fraction of sp³-hybridized carbons (Fsp3) is 0.711. The summed E-state index contributed by atoms with van der Waals surface area (Å²) in [5, 5.41) is 29.8. The molecule has 10 atom stereocenters. The van der Waals surface area contributed by atoms with E-state index >= 15 is 0 Å². The molecule has 0 aromatic heterocycles. The Morgan fingerprint density at radius 2 is 1.78 bits per heavy atom. The summed E-state index contributed by atoms with van der Waals surface area (Å²) in [5.41, 5.74) is -0.249. The van der Waals surface area contributed by atoms with E-state index in [0.717, 1.165) is 35.7 Å². The molecule has 3 N–H and O–H groups in total. The van der Waals surface area contributed by atoms with Crippen LogP contribution in [0.2, 0.25) is 0 Å². The van der Waals surface area contributed by atoms with Crippen molar-refractivity contribution in [3.63, 3.8) is 0 Å². The molecule has 46 heavy (non-hydrogen) atoms. The number of sulfonamides is 1. The molecular formula is C38H57N3O4S. The molecule has 0 aliphatic heterocycles. The first-order valence-corrected chi connectivity index (χ1v) is 19.3. The number of aliphatic hydroxyl groups excluding tert-OH is 1. The van der Waals surface area contributed by atoms with E-state index < -0.39 is 21.7 Å². The standard InChI is InChI=1S/C38H57N3O4S/c1-24(2)11-12-25(3)30-15-16-31-35-32(18-19-36(30,31)4)37(5)20-17-27(42)22-38(37,43)33(35)23-39-40-46(44,45)28-13-14-29-26(21-28)9-8-10-34(29)41(6)7/h8-10,13-14,21,23-25,27,30-33,35,40,42-43H,11-12,15-20,22H2,1-7H3/b39-23+/t25-,27+,30-,31?,32?,33?,35?,36-,37-,38-/m1/s1. The zero-order valence-corrected chi connectivity index (χ0v) is 29.9. The molecule has 4 saturated carbocycles. The number of rotatable bonds is 9. The molecule has 0 heterocycles. The Kier molecular flexibility index (Phi) is 8.85. The molecule has 0 amide bonds. The van der Waals surface area contributed by atoms with Crippen molar-refractivity contribution in [3.05, 3.63) is 36.4 Å². The van der Waals surface area contributed by atoms with Crippen LogP contribution in [0.15, 0.2) is 46.4 Å². The van der Waals surface area contributed by atoms with Gasteiger partial charge in [-0.05, 0) is 103 Å². The maximum Gasteiger partial charge on any atom is 0.276 e. The van der Waals surface area contributed by atoms with Crippen LogP contribution in [-0.2, 0) is 10.0 Å². The molecule has 0 saturated heterocycles. The molecule has 0 radical (unpaired) electrons. The van der Waals surface area contributed by atoms with Gasteiger partial charge in [0, 0.05) is 49.1 Å². The maximum absolute atomic E-state index is 13.6. The summed E-state index contributed by atoms with van der Waals surface area (Å²) >= 11 is 0. The average molecular weight is 652 g/mol. The highest BCUT2D eigenvalue weighted by molar-refractivity contribution is 7.89. The Morgan fingerprint density at radius 3 is 2.50 bits per heavy atom. The average Bonchev–Trinajstić information content (AvgIpc) is 3.44. The molecular weight excluding hydrogens is 595 g/mol. The quantitative estimate of drug-likeness (QED) is 0.196. The minimum Gasteiger partial charge on any atom is -0.393 e. The van der Waals surface area contributed by atoms with Gasteiger partial charge in [-0.1, -0.05) is 65.7 Å². The minimum absolute atomic E-state index is 0.160. The summed E-state index contributed by atoms with van der Waals surface area (Å²) in [4.78, 5) is 4.70. The zero-order valence-electron chi connectivity index (χ0n) is 29.0. The predicted molar refractivity (Wildman–Crippen MR) is 187 cm³/mol. The number of hydrogen-bond acceptors (Lipinski definition) is 6. The molecule has 2 aromatic rings. The second-order valence-electron chi connectivity index (χ2n) is 16.7.